The number of amides is 2. The first-order chi connectivity index (χ1) is 15.3. The van der Waals surface area contributed by atoms with Crippen LogP contribution in [0.5, 0.6) is 23.0 Å². The van der Waals surface area contributed by atoms with Gasteiger partial charge in [0.2, 0.25) is 0 Å². The molecule has 8 nitrogen and oxygen atoms in total. The first-order valence-electron chi connectivity index (χ1n) is 9.77. The highest BCUT2D eigenvalue weighted by Crippen LogP contribution is 2.36. The van der Waals surface area contributed by atoms with Gasteiger partial charge in [-0.2, -0.15) is 0 Å². The van der Waals surface area contributed by atoms with Crippen LogP contribution >= 0.6 is 12.2 Å². The summed E-state index contributed by atoms with van der Waals surface area (Å²) in [6.07, 6.45) is 1.31. The second kappa shape index (κ2) is 9.69. The van der Waals surface area contributed by atoms with E-state index in [2.05, 4.69) is 5.32 Å². The van der Waals surface area contributed by atoms with Crippen molar-refractivity contribution in [2.45, 2.75) is 20.0 Å². The number of rotatable bonds is 7. The molecule has 0 spiro atoms. The Hall–Kier alpha value is -3.59. The number of anilines is 1. The Bertz CT molecular complexity index is 1100. The molecule has 1 aliphatic rings. The van der Waals surface area contributed by atoms with Crippen molar-refractivity contribution >= 4 is 40.9 Å². The fourth-order valence-corrected chi connectivity index (χ4v) is 3.44. The van der Waals surface area contributed by atoms with E-state index in [9.17, 15) is 9.59 Å². The van der Waals surface area contributed by atoms with Gasteiger partial charge < -0.3 is 18.9 Å². The zero-order valence-electron chi connectivity index (χ0n) is 18.4. The first kappa shape index (κ1) is 23.1. The molecular formula is C23H24N2O6S. The van der Waals surface area contributed by atoms with Gasteiger partial charge in [-0.3, -0.25) is 14.9 Å². The highest BCUT2D eigenvalue weighted by atomic mass is 32.1. The predicted molar refractivity (Wildman–Crippen MR) is 125 cm³/mol. The number of hydrogen-bond acceptors (Lipinski definition) is 7. The summed E-state index contributed by atoms with van der Waals surface area (Å²) in [5, 5.41) is 2.52. The summed E-state index contributed by atoms with van der Waals surface area (Å²) < 4.78 is 21.9. The van der Waals surface area contributed by atoms with Crippen LogP contribution in [0.1, 0.15) is 19.4 Å². The van der Waals surface area contributed by atoms with Crippen molar-refractivity contribution in [1.82, 2.24) is 5.32 Å². The van der Waals surface area contributed by atoms with Gasteiger partial charge in [-0.25, -0.2) is 4.90 Å². The third kappa shape index (κ3) is 4.52. The van der Waals surface area contributed by atoms with Gasteiger partial charge in [0, 0.05) is 11.6 Å². The Morgan fingerprint density at radius 2 is 1.72 bits per heavy atom. The van der Waals surface area contributed by atoms with Gasteiger partial charge in [-0.05, 0) is 50.3 Å². The van der Waals surface area contributed by atoms with E-state index in [1.807, 2.05) is 13.8 Å². The predicted octanol–water partition coefficient (Wildman–Crippen LogP) is 3.33. The molecule has 1 N–H and O–H groups in total. The topological polar surface area (TPSA) is 86.3 Å². The lowest BCUT2D eigenvalue weighted by atomic mass is 10.1. The SMILES string of the molecule is COc1ccc(N2C(=O)/C(=C/c3cccc(OC)c3OC(C)C)C(=O)NC2=S)c(OC)c1. The normalized spacial score (nSPS) is 15.1. The number of carbonyl (C=O) groups excluding carboxylic acids is 2. The number of methoxy groups -OCH3 is 3. The molecule has 0 unspecified atom stereocenters. The quantitative estimate of drug-likeness (QED) is 0.389. The van der Waals surface area contributed by atoms with Crippen molar-refractivity contribution in [1.29, 1.82) is 0 Å². The highest BCUT2D eigenvalue weighted by molar-refractivity contribution is 7.80. The standard InChI is InChI=1S/C23H24N2O6S/c1-13(2)31-20-14(7-6-8-18(20)29-4)11-16-21(26)24-23(32)25(22(16)27)17-10-9-15(28-3)12-19(17)30-5/h6-13H,1-5H3,(H,24,26,32)/b16-11+. The molecule has 2 amide bonds. The van der Waals surface area contributed by atoms with E-state index in [0.717, 1.165) is 0 Å². The molecule has 9 heteroatoms. The van der Waals surface area contributed by atoms with Crippen LogP contribution in [0.2, 0.25) is 0 Å². The third-order valence-electron chi connectivity index (χ3n) is 4.61. The minimum atomic E-state index is -0.609. The maximum Gasteiger partial charge on any atom is 0.270 e. The molecule has 1 aliphatic heterocycles. The molecule has 1 heterocycles. The van der Waals surface area contributed by atoms with Gasteiger partial charge in [0.15, 0.2) is 16.6 Å². The Kier molecular flexibility index (Phi) is 6.99. The molecular weight excluding hydrogens is 432 g/mol. The van der Waals surface area contributed by atoms with Gasteiger partial charge in [0.25, 0.3) is 11.8 Å². The first-order valence-corrected chi connectivity index (χ1v) is 10.2. The summed E-state index contributed by atoms with van der Waals surface area (Å²) in [5.41, 5.74) is 0.780. The van der Waals surface area contributed by atoms with Crippen LogP contribution in [-0.4, -0.2) is 44.4 Å². The summed E-state index contributed by atoms with van der Waals surface area (Å²) in [5.74, 6) is 0.622. The molecule has 2 aromatic carbocycles. The molecule has 3 rings (SSSR count). The zero-order valence-corrected chi connectivity index (χ0v) is 19.2. The van der Waals surface area contributed by atoms with E-state index in [0.29, 0.717) is 34.2 Å². The lowest BCUT2D eigenvalue weighted by Gasteiger charge is -2.30. The number of carbonyl (C=O) groups is 2. The lowest BCUT2D eigenvalue weighted by Crippen LogP contribution is -2.54. The van der Waals surface area contributed by atoms with Crippen LogP contribution in [0.15, 0.2) is 42.0 Å². The van der Waals surface area contributed by atoms with Gasteiger partial charge in [0.1, 0.15) is 17.1 Å². The summed E-state index contributed by atoms with van der Waals surface area (Å²) in [6.45, 7) is 3.75. The largest absolute Gasteiger partial charge is 0.497 e. The summed E-state index contributed by atoms with van der Waals surface area (Å²) in [4.78, 5) is 27.3. The molecule has 32 heavy (non-hydrogen) atoms. The smallest absolute Gasteiger partial charge is 0.270 e. The summed E-state index contributed by atoms with van der Waals surface area (Å²) >= 11 is 5.29. The Labute approximate surface area is 191 Å². The molecule has 0 saturated carbocycles. The van der Waals surface area contributed by atoms with Crippen molar-refractivity contribution in [2.75, 3.05) is 26.2 Å². The van der Waals surface area contributed by atoms with Crippen molar-refractivity contribution < 1.29 is 28.5 Å². The van der Waals surface area contributed by atoms with E-state index in [1.54, 1.807) is 36.4 Å². The number of thiocarbonyl (C=S) groups is 1. The summed E-state index contributed by atoms with van der Waals surface area (Å²) in [7, 11) is 4.52. The highest BCUT2D eigenvalue weighted by Gasteiger charge is 2.36. The number of nitrogens with one attached hydrogen (secondary N) is 1. The number of benzene rings is 2. The van der Waals surface area contributed by atoms with Crippen molar-refractivity contribution in [3.63, 3.8) is 0 Å². The number of para-hydroxylation sites is 1. The van der Waals surface area contributed by atoms with E-state index in [4.69, 9.17) is 31.2 Å². The molecule has 1 saturated heterocycles. The van der Waals surface area contributed by atoms with E-state index in [1.165, 1.54) is 32.3 Å². The van der Waals surface area contributed by atoms with Crippen molar-refractivity contribution in [3.8, 4) is 23.0 Å². The lowest BCUT2D eigenvalue weighted by molar-refractivity contribution is -0.122. The zero-order chi connectivity index (χ0) is 23.4. The molecule has 0 aliphatic carbocycles. The third-order valence-corrected chi connectivity index (χ3v) is 4.90. The maximum atomic E-state index is 13.4. The fraction of sp³-hybridized carbons (Fsp3) is 0.261. The van der Waals surface area contributed by atoms with Crippen molar-refractivity contribution in [3.05, 3.63) is 47.5 Å². The number of hydrogen-bond donors (Lipinski definition) is 1. The Morgan fingerprint density at radius 3 is 2.34 bits per heavy atom. The minimum absolute atomic E-state index is 0.0510. The molecule has 168 valence electrons. The van der Waals surface area contributed by atoms with E-state index in [-0.39, 0.29) is 16.8 Å². The molecule has 0 bridgehead atoms. The monoisotopic (exact) mass is 456 g/mol. The fourth-order valence-electron chi connectivity index (χ4n) is 3.17. The average Bonchev–Trinajstić information content (AvgIpc) is 2.77. The van der Waals surface area contributed by atoms with E-state index < -0.39 is 11.8 Å². The Balaban J connectivity index is 2.10. The van der Waals surface area contributed by atoms with E-state index >= 15 is 0 Å². The number of ether oxygens (including phenoxy) is 4. The van der Waals surface area contributed by atoms with Gasteiger partial charge in [0.05, 0.1) is 33.1 Å². The van der Waals surface area contributed by atoms with Crippen LogP contribution < -0.4 is 29.2 Å². The maximum absolute atomic E-state index is 13.4. The van der Waals surface area contributed by atoms with Crippen LogP contribution in [0, 0.1) is 0 Å². The molecule has 1 fully saturated rings. The average molecular weight is 457 g/mol. The Morgan fingerprint density at radius 1 is 1.00 bits per heavy atom. The van der Waals surface area contributed by atoms with Gasteiger partial charge in [-0.15, -0.1) is 0 Å². The van der Waals surface area contributed by atoms with Gasteiger partial charge in [-0.1, -0.05) is 12.1 Å². The second-order valence-electron chi connectivity index (χ2n) is 7.04. The van der Waals surface area contributed by atoms with Crippen LogP contribution in [-0.2, 0) is 9.59 Å². The van der Waals surface area contributed by atoms with Crippen molar-refractivity contribution in [2.24, 2.45) is 0 Å². The summed E-state index contributed by atoms with van der Waals surface area (Å²) in [6, 6.07) is 10.2. The molecule has 0 aromatic heterocycles. The second-order valence-corrected chi connectivity index (χ2v) is 7.43. The molecule has 0 atom stereocenters. The molecule has 0 radical (unpaired) electrons. The molecule has 2 aromatic rings. The van der Waals surface area contributed by atoms with Gasteiger partial charge >= 0.3 is 0 Å². The number of nitrogens with zero attached hydrogens (tertiary/aromatic N) is 1. The minimum Gasteiger partial charge on any atom is -0.497 e. The van der Waals surface area contributed by atoms with Crippen LogP contribution in [0.25, 0.3) is 6.08 Å². The van der Waals surface area contributed by atoms with Crippen LogP contribution in [0.4, 0.5) is 5.69 Å². The van der Waals surface area contributed by atoms with Crippen LogP contribution in [0.3, 0.4) is 0 Å².